The maximum absolute atomic E-state index is 13.5. The summed E-state index contributed by atoms with van der Waals surface area (Å²) in [5, 5.41) is 0. The monoisotopic (exact) mass is 1140 g/mol. The van der Waals surface area contributed by atoms with E-state index in [0.717, 1.165) is 128 Å². The molecule has 0 N–H and O–H groups in total. The summed E-state index contributed by atoms with van der Waals surface area (Å²) in [4.78, 5) is 59.8. The normalized spacial score (nSPS) is 27.8. The average molecular weight is 1140 g/mol. The van der Waals surface area contributed by atoms with Crippen LogP contribution in [0.4, 0.5) is 9.59 Å². The zero-order chi connectivity index (χ0) is 58.8. The molecule has 80 heavy (non-hydrogen) atoms. The minimum atomic E-state index is -0.666. The van der Waals surface area contributed by atoms with Crippen molar-refractivity contribution in [2.45, 2.75) is 368 Å². The molecule has 4 saturated heterocycles. The standard InChI is InChI=1S/C41H74O11.C21H36O7/c1-9-17-39-47-33(13-5)27-37(49-39)25-23-35(21-15-19-31(11-3)45-29(7)42)51-41(44)52-36(22-16-20-32(12-4)46-30(8)43)24-26-38-28-34(14-6)48-40(50-38)18-10-2;1-5-8-20-25-16(7-3)11-17(26-20)9-10-18-13-19(28-21(23)27-18)12-15(6-2)24-14(4)22/h31-40H,9-28H2,1-8H3;15-20H,5-13H2,1-4H3. The number of carbonyl (C=O) groups excluding carboxylic acids is 5. The number of hydrogen-bond acceptors (Lipinski definition) is 18. The summed E-state index contributed by atoms with van der Waals surface area (Å²) in [6, 6.07) is 0. The molecule has 4 fully saturated rings. The molecule has 0 aromatic heterocycles. The van der Waals surface area contributed by atoms with Crippen LogP contribution in [0.1, 0.15) is 269 Å². The third-order valence-corrected chi connectivity index (χ3v) is 15.6. The van der Waals surface area contributed by atoms with Crippen molar-refractivity contribution in [3.8, 4) is 0 Å². The van der Waals surface area contributed by atoms with E-state index < -0.39 is 12.3 Å². The molecule has 0 amide bonds. The molecule has 0 aromatic carbocycles. The Bertz CT molecular complexity index is 1630. The molecule has 18 nitrogen and oxygen atoms in total. The van der Waals surface area contributed by atoms with Crippen LogP contribution < -0.4 is 0 Å². The topological polar surface area (TPSA) is 205 Å². The molecule has 0 radical (unpaired) electrons. The first kappa shape index (κ1) is 71.0. The second-order valence-electron chi connectivity index (χ2n) is 22.6. The summed E-state index contributed by atoms with van der Waals surface area (Å²) >= 11 is 0. The Hall–Kier alpha value is -3.29. The fourth-order valence-electron chi connectivity index (χ4n) is 11.1. The Morgan fingerprint density at radius 3 is 1.07 bits per heavy atom. The third kappa shape index (κ3) is 29.8. The lowest BCUT2D eigenvalue weighted by atomic mass is 9.97. The summed E-state index contributed by atoms with van der Waals surface area (Å²) in [5.41, 5.74) is 0. The highest BCUT2D eigenvalue weighted by Crippen LogP contribution is 2.32. The molecule has 4 aliphatic rings. The Morgan fingerprint density at radius 2 is 0.713 bits per heavy atom. The van der Waals surface area contributed by atoms with Crippen LogP contribution in [0.5, 0.6) is 0 Å². The molecule has 18 heteroatoms. The van der Waals surface area contributed by atoms with Crippen LogP contribution in [0.15, 0.2) is 0 Å². The van der Waals surface area contributed by atoms with Crippen molar-refractivity contribution in [3.05, 3.63) is 0 Å². The molecule has 4 aliphatic heterocycles. The molecular formula is C62H110O18. The Kier molecular flexibility index (Phi) is 36.2. The van der Waals surface area contributed by atoms with E-state index >= 15 is 0 Å². The molecule has 4 heterocycles. The van der Waals surface area contributed by atoms with Gasteiger partial charge in [0.25, 0.3) is 0 Å². The maximum atomic E-state index is 13.5. The molecule has 466 valence electrons. The zero-order valence-electron chi connectivity index (χ0n) is 51.6. The fraction of sp³-hybridized carbons (Fsp3) is 0.919. The third-order valence-electron chi connectivity index (χ3n) is 15.6. The van der Waals surface area contributed by atoms with Crippen molar-refractivity contribution in [1.82, 2.24) is 0 Å². The van der Waals surface area contributed by atoms with E-state index in [9.17, 15) is 24.0 Å². The van der Waals surface area contributed by atoms with E-state index in [0.29, 0.717) is 57.8 Å². The highest BCUT2D eigenvalue weighted by atomic mass is 16.7. The highest BCUT2D eigenvalue weighted by Gasteiger charge is 2.36. The predicted molar refractivity (Wildman–Crippen MR) is 303 cm³/mol. The number of hydrogen-bond donors (Lipinski definition) is 0. The quantitative estimate of drug-likeness (QED) is 0.0422. The summed E-state index contributed by atoms with van der Waals surface area (Å²) in [5.74, 6) is -0.882. The Labute approximate surface area is 481 Å². The van der Waals surface area contributed by atoms with Gasteiger partial charge in [0.1, 0.15) is 42.7 Å². The first-order chi connectivity index (χ1) is 38.4. The van der Waals surface area contributed by atoms with Crippen LogP contribution in [0.2, 0.25) is 0 Å². The smallest absolute Gasteiger partial charge is 0.463 e. The van der Waals surface area contributed by atoms with Crippen molar-refractivity contribution in [2.75, 3.05) is 0 Å². The van der Waals surface area contributed by atoms with E-state index in [1.165, 1.54) is 20.8 Å². The number of rotatable bonds is 36. The summed E-state index contributed by atoms with van der Waals surface area (Å²) < 4.78 is 76.0. The molecule has 0 saturated carbocycles. The van der Waals surface area contributed by atoms with Crippen molar-refractivity contribution < 1.29 is 85.6 Å². The first-order valence-electron chi connectivity index (χ1n) is 31.6. The Morgan fingerprint density at radius 1 is 0.388 bits per heavy atom. The number of ether oxygens (including phenoxy) is 13. The van der Waals surface area contributed by atoms with E-state index in [1.807, 2.05) is 20.8 Å². The molecule has 16 unspecified atom stereocenters. The molecule has 0 spiro atoms. The number of cyclic esters (lactones) is 2. The molecule has 0 aliphatic carbocycles. The van der Waals surface area contributed by atoms with Gasteiger partial charge in [-0.1, -0.05) is 81.6 Å². The molecule has 4 rings (SSSR count). The van der Waals surface area contributed by atoms with E-state index in [-0.39, 0.29) is 116 Å². The minimum absolute atomic E-state index is 0.0289. The maximum Gasteiger partial charge on any atom is 0.508 e. The van der Waals surface area contributed by atoms with Gasteiger partial charge in [-0.15, -0.1) is 0 Å². The highest BCUT2D eigenvalue weighted by molar-refractivity contribution is 5.67. The summed E-state index contributed by atoms with van der Waals surface area (Å²) in [6.07, 6.45) is 19.8. The first-order valence-corrected chi connectivity index (χ1v) is 31.6. The lowest BCUT2D eigenvalue weighted by Crippen LogP contribution is -2.40. The van der Waals surface area contributed by atoms with Gasteiger partial charge < -0.3 is 61.6 Å². The Balaban J connectivity index is 0.000000502. The van der Waals surface area contributed by atoms with Crippen LogP contribution in [0, 0.1) is 0 Å². The van der Waals surface area contributed by atoms with Gasteiger partial charge in [-0.25, -0.2) is 9.59 Å². The van der Waals surface area contributed by atoms with Gasteiger partial charge in [-0.3, -0.25) is 14.4 Å². The van der Waals surface area contributed by atoms with Gasteiger partial charge >= 0.3 is 30.2 Å². The minimum Gasteiger partial charge on any atom is -0.463 e. The van der Waals surface area contributed by atoms with Crippen LogP contribution in [-0.4, -0.2) is 128 Å². The van der Waals surface area contributed by atoms with Gasteiger partial charge in [0.2, 0.25) is 0 Å². The van der Waals surface area contributed by atoms with Crippen LogP contribution in [-0.2, 0) is 76.0 Å². The van der Waals surface area contributed by atoms with Gasteiger partial charge in [-0.05, 0) is 154 Å². The van der Waals surface area contributed by atoms with Crippen molar-refractivity contribution in [3.63, 3.8) is 0 Å². The van der Waals surface area contributed by atoms with Crippen LogP contribution >= 0.6 is 0 Å². The lowest BCUT2D eigenvalue weighted by Gasteiger charge is -2.36. The zero-order valence-corrected chi connectivity index (χ0v) is 51.6. The fourth-order valence-corrected chi connectivity index (χ4v) is 11.1. The van der Waals surface area contributed by atoms with E-state index in [4.69, 9.17) is 61.6 Å². The molecule has 16 atom stereocenters. The molecular weight excluding hydrogens is 1030 g/mol. The molecule has 0 aromatic rings. The summed E-state index contributed by atoms with van der Waals surface area (Å²) in [6.45, 7) is 23.0. The SMILES string of the molecule is CCCC1OC(CC)CC(CCC(CCCC(CC)OC(C)=O)OC(=O)OC(CCCC(CC)OC(C)=O)CCC2CC(CC)OC(CCC)O2)O1.CCCC1OC(CC)CC(CCC2CC(CC(CC)OC(C)=O)OC(=O)O2)O1. The van der Waals surface area contributed by atoms with Gasteiger partial charge in [0.05, 0.1) is 36.6 Å². The number of carbonyl (C=O) groups is 5. The van der Waals surface area contributed by atoms with Crippen LogP contribution in [0.25, 0.3) is 0 Å². The van der Waals surface area contributed by atoms with Crippen molar-refractivity contribution in [1.29, 1.82) is 0 Å². The van der Waals surface area contributed by atoms with Gasteiger partial charge in [0.15, 0.2) is 18.9 Å². The van der Waals surface area contributed by atoms with Crippen molar-refractivity contribution >= 4 is 30.2 Å². The second kappa shape index (κ2) is 40.8. The molecule has 0 bridgehead atoms. The lowest BCUT2D eigenvalue weighted by molar-refractivity contribution is -0.247. The predicted octanol–water partition coefficient (Wildman–Crippen LogP) is 14.4. The average Bonchev–Trinajstić information content (AvgIpc) is 3.43. The second-order valence-corrected chi connectivity index (χ2v) is 22.6. The summed E-state index contributed by atoms with van der Waals surface area (Å²) in [7, 11) is 0. The number of esters is 3. The van der Waals surface area contributed by atoms with E-state index in [2.05, 4.69) is 41.5 Å². The van der Waals surface area contributed by atoms with Gasteiger partial charge in [0, 0.05) is 33.6 Å². The van der Waals surface area contributed by atoms with Crippen molar-refractivity contribution in [2.24, 2.45) is 0 Å². The van der Waals surface area contributed by atoms with Crippen LogP contribution in [0.3, 0.4) is 0 Å². The van der Waals surface area contributed by atoms with E-state index in [1.54, 1.807) is 0 Å². The van der Waals surface area contributed by atoms with Gasteiger partial charge in [-0.2, -0.15) is 0 Å². The largest absolute Gasteiger partial charge is 0.508 e.